The van der Waals surface area contributed by atoms with Gasteiger partial charge in [0.1, 0.15) is 0 Å². The number of hydrogen-bond donors (Lipinski definition) is 0. The highest BCUT2D eigenvalue weighted by Gasteiger charge is 2.12. The van der Waals surface area contributed by atoms with Crippen LogP contribution in [-0.4, -0.2) is 0 Å². The van der Waals surface area contributed by atoms with Gasteiger partial charge >= 0.3 is 5.88 Å². The Hall–Kier alpha value is 0.0200. The molecule has 0 spiro atoms. The fourth-order valence-corrected chi connectivity index (χ4v) is 0. The minimum absolute atomic E-state index is 2.11. The zero-order chi connectivity index (χ0) is 3.58. The summed E-state index contributed by atoms with van der Waals surface area (Å²) in [6.45, 7) is 0. The van der Waals surface area contributed by atoms with Crippen LogP contribution >= 0.6 is 11.6 Å². The van der Waals surface area contributed by atoms with E-state index in [0.29, 0.717) is 0 Å². The summed E-state index contributed by atoms with van der Waals surface area (Å²) in [5.41, 5.74) is 0. The van der Waals surface area contributed by atoms with Crippen LogP contribution in [0.5, 0.6) is 0 Å². The summed E-state index contributed by atoms with van der Waals surface area (Å²) in [5, 5.41) is 0. The molecule has 0 nitrogen and oxygen atoms in total. The lowest BCUT2D eigenvalue weighted by Crippen LogP contribution is -1.45. The van der Waals surface area contributed by atoms with Crippen molar-refractivity contribution in [3.05, 3.63) is 5.88 Å². The highest BCUT2D eigenvalue weighted by Crippen LogP contribution is 2.05. The maximum absolute atomic E-state index is 10.0. The van der Waals surface area contributed by atoms with Crippen molar-refractivity contribution in [2.45, 2.75) is 0 Å². The maximum atomic E-state index is 10.0. The molecule has 0 heterocycles. The first-order valence-electron chi connectivity index (χ1n) is 0.567. The molecular weight excluding hydrogens is 85.5 g/mol. The lowest BCUT2D eigenvalue weighted by Gasteiger charge is -1.38. The van der Waals surface area contributed by atoms with Gasteiger partial charge in [-0.3, -0.25) is 0 Å². The van der Waals surface area contributed by atoms with Crippen LogP contribution in [0.4, 0.5) is 8.78 Å². The van der Waals surface area contributed by atoms with Crippen molar-refractivity contribution in [1.82, 2.24) is 0 Å². The minimum Gasteiger partial charge on any atom is 0.0691 e. The van der Waals surface area contributed by atoms with Crippen LogP contribution in [0.25, 0.3) is 0 Å². The molecule has 0 rings (SSSR count). The summed E-state index contributed by atoms with van der Waals surface area (Å²) >= 11 is 3.86. The molecule has 0 aliphatic carbocycles. The molecule has 0 atom stereocenters. The van der Waals surface area contributed by atoms with E-state index in [-0.39, 0.29) is 0 Å². The van der Waals surface area contributed by atoms with Gasteiger partial charge in [0, 0.05) is 0 Å². The van der Waals surface area contributed by atoms with E-state index in [0.717, 1.165) is 0 Å². The second-order valence-electron chi connectivity index (χ2n) is 0.214. The summed E-state index contributed by atoms with van der Waals surface area (Å²) in [6, 6.07) is 0. The molecule has 0 aliphatic heterocycles. The van der Waals surface area contributed by atoms with E-state index in [1.807, 2.05) is 0 Å². The summed E-state index contributed by atoms with van der Waals surface area (Å²) in [5.74, 6) is -2.11. The monoisotopic (exact) mass is 85.0 g/mol. The first kappa shape index (κ1) is 4.02. The van der Waals surface area contributed by atoms with Crippen molar-refractivity contribution in [2.24, 2.45) is 0 Å². The lowest BCUT2D eigenvalue weighted by molar-refractivity contribution is 0.367. The van der Waals surface area contributed by atoms with Gasteiger partial charge in [0.2, 0.25) is 11.6 Å². The first-order valence-corrected chi connectivity index (χ1v) is 0.945. The van der Waals surface area contributed by atoms with Gasteiger partial charge in [-0.15, -0.1) is 0 Å². The molecule has 0 unspecified atom stereocenters. The molecule has 0 aromatic heterocycles. The Morgan fingerprint density at radius 1 is 1.50 bits per heavy atom. The first-order chi connectivity index (χ1) is 1.73. The van der Waals surface area contributed by atoms with Crippen molar-refractivity contribution in [2.75, 3.05) is 0 Å². The molecule has 3 heteroatoms. The molecule has 24 valence electrons. The highest BCUT2D eigenvalue weighted by atomic mass is 35.5. The van der Waals surface area contributed by atoms with Crippen LogP contribution in [0, 0.1) is 5.88 Å². The van der Waals surface area contributed by atoms with Crippen LogP contribution < -0.4 is 0 Å². The zero-order valence-electron chi connectivity index (χ0n) is 1.63. The second kappa shape index (κ2) is 1.35. The van der Waals surface area contributed by atoms with Gasteiger partial charge in [0.15, 0.2) is 0 Å². The van der Waals surface area contributed by atoms with Crippen LogP contribution in [0.3, 0.4) is 0 Å². The molecule has 0 aromatic carbocycles. The third-order valence-corrected chi connectivity index (χ3v) is 0. The minimum atomic E-state index is -2.11. The molecule has 4 heavy (non-hydrogen) atoms. The fourth-order valence-electron chi connectivity index (χ4n) is 0. The molecule has 0 aromatic rings. The van der Waals surface area contributed by atoms with Crippen LogP contribution in [-0.2, 0) is 0 Å². The Morgan fingerprint density at radius 3 is 1.50 bits per heavy atom. The van der Waals surface area contributed by atoms with E-state index >= 15 is 0 Å². The van der Waals surface area contributed by atoms with Crippen molar-refractivity contribution < 1.29 is 8.78 Å². The van der Waals surface area contributed by atoms with Gasteiger partial charge in [0.05, 0.1) is 8.78 Å². The molecular formula is CClF2+. The smallest absolute Gasteiger partial charge is 0.0691 e. The van der Waals surface area contributed by atoms with Crippen molar-refractivity contribution >= 4 is 11.6 Å². The average Bonchev–Trinajstić information content (AvgIpc) is 0.811. The Morgan fingerprint density at radius 2 is 1.50 bits per heavy atom. The van der Waals surface area contributed by atoms with Crippen molar-refractivity contribution in [3.8, 4) is 0 Å². The van der Waals surface area contributed by atoms with E-state index < -0.39 is 5.88 Å². The Balaban J connectivity index is 2.32. The summed E-state index contributed by atoms with van der Waals surface area (Å²) in [7, 11) is 0. The lowest BCUT2D eigenvalue weighted by atomic mass is 11.7. The molecule has 0 bridgehead atoms. The topological polar surface area (TPSA) is 0 Å². The molecule has 0 amide bonds. The van der Waals surface area contributed by atoms with Gasteiger partial charge in [-0.05, 0) is 0 Å². The third-order valence-electron chi connectivity index (χ3n) is 0. The number of halogens is 3. The summed E-state index contributed by atoms with van der Waals surface area (Å²) in [6.07, 6.45) is 0. The van der Waals surface area contributed by atoms with Gasteiger partial charge in [-0.1, -0.05) is 0 Å². The number of rotatable bonds is 0. The molecule has 0 fully saturated rings. The second-order valence-corrected chi connectivity index (χ2v) is 0.500. The fraction of sp³-hybridized carbons (Fsp3) is 0. The summed E-state index contributed by atoms with van der Waals surface area (Å²) in [4.78, 5) is 0. The molecule has 0 N–H and O–H groups in total. The molecule has 0 saturated heterocycles. The predicted octanol–water partition coefficient (Wildman–Crippen LogP) is 1.61. The molecule has 0 aliphatic rings. The van der Waals surface area contributed by atoms with Gasteiger partial charge in [-0.25, -0.2) is 0 Å². The number of hydrogen-bond acceptors (Lipinski definition) is 0. The SMILES string of the molecule is F[C+](F)Cl. The molecule has 0 radical (unpaired) electrons. The Kier molecular flexibility index (Phi) is 1.36. The highest BCUT2D eigenvalue weighted by molar-refractivity contribution is 6.24. The quantitative estimate of drug-likeness (QED) is 0.392. The Labute approximate surface area is 27.4 Å². The Bertz CT molecular complexity index is 10.8. The molecule has 0 saturated carbocycles. The van der Waals surface area contributed by atoms with Crippen LogP contribution in [0.1, 0.15) is 0 Å². The van der Waals surface area contributed by atoms with E-state index in [9.17, 15) is 8.78 Å². The normalized spacial score (nSPS) is 6.75. The van der Waals surface area contributed by atoms with Crippen molar-refractivity contribution in [3.63, 3.8) is 0 Å². The van der Waals surface area contributed by atoms with Gasteiger partial charge < -0.3 is 0 Å². The van der Waals surface area contributed by atoms with Gasteiger partial charge in [-0.2, -0.15) is 0 Å². The largest absolute Gasteiger partial charge is 0.617 e. The van der Waals surface area contributed by atoms with E-state index in [1.165, 1.54) is 0 Å². The standard InChI is InChI=1S/CClF2/c2-1(3)4/q+1. The van der Waals surface area contributed by atoms with Crippen LogP contribution in [0.15, 0.2) is 0 Å². The third kappa shape index (κ3) is 5250. The average molecular weight is 85.5 g/mol. The van der Waals surface area contributed by atoms with Gasteiger partial charge in [0.25, 0.3) is 0 Å². The predicted molar refractivity (Wildman–Crippen MR) is 11.3 cm³/mol. The van der Waals surface area contributed by atoms with E-state index in [1.54, 1.807) is 0 Å². The summed E-state index contributed by atoms with van der Waals surface area (Å²) < 4.78 is 20.0. The van der Waals surface area contributed by atoms with Crippen molar-refractivity contribution in [1.29, 1.82) is 0 Å². The van der Waals surface area contributed by atoms with Crippen LogP contribution in [0.2, 0.25) is 0 Å². The van der Waals surface area contributed by atoms with E-state index in [4.69, 9.17) is 0 Å². The van der Waals surface area contributed by atoms with E-state index in [2.05, 4.69) is 11.6 Å². The maximum Gasteiger partial charge on any atom is 0.617 e. The zero-order valence-corrected chi connectivity index (χ0v) is 2.39.